The Hall–Kier alpha value is 64.1. The third-order valence-corrected chi connectivity index (χ3v) is 0. The molecule has 4 nitrogen and oxygen atoms in total. The van der Waals surface area contributed by atoms with Gasteiger partial charge in [0.1, 0.15) is 0 Å². The quantitative estimate of drug-likeness (QED) is 0.275. The number of hydrogen-bond acceptors (Lipinski definition) is 2. The number of aliphatic carboxylic acids is 1. The number of carbonyl (C=O) groups is 2. The molecule has 0 aromatic carbocycles. The fourth-order valence-electron chi connectivity index (χ4n) is 0. The molecule has 0 aliphatic carbocycles. The Kier molecular flexibility index (Phi) is 10900. The standard InChI is InChI=1S/C2H4O2.C2H6.CH2O2.30Fe.72Mo/c1-2(3)4;1-2;2-1-3;;;;;;;;;;;;;;;;;;;;;;;;;;;;;;;;;;;;;;;;;;;;;;;;;;;;;;;;;;;;;;;;;;;;;;;;;;;;;;;;;;;;;;;;;;;;;;;;;;;;;;/h1H3,(H,3,4);1-2H3;1H,(H,2,3);;;;;;;;;;;;;;;;;;;;;;;;;;;;;;;;;;;;;;;;;;;;;;;;;;;;;;;;;;;;;;;;;;;;;;;;;;;;;;;;;;;;;;;;;;;;;;;;;;;;;;. The predicted molar refractivity (Wildman–Crippen MR) is 33.4 cm³/mol. The maximum atomic E-state index is 9.00. The van der Waals surface area contributed by atoms with E-state index < -0.39 is 5.97 Å². The molecular formula is C5H12Fe30Mo72O4. The van der Waals surface area contributed by atoms with Gasteiger partial charge in [-0.1, -0.05) is 13.8 Å². The molecule has 111 heavy (non-hydrogen) atoms. The molecule has 2 N–H and O–H groups in total. The van der Waals surface area contributed by atoms with Crippen LogP contribution in [0, 0.1) is 0 Å². The maximum Gasteiger partial charge on any atom is 0.300 e. The van der Waals surface area contributed by atoms with E-state index in [0.717, 1.165) is 6.92 Å². The van der Waals surface area contributed by atoms with Crippen LogP contribution < -0.4 is 0 Å². The molecule has 0 aromatic rings. The number of carboxylic acid groups (broad SMARTS) is 2. The second-order valence-corrected chi connectivity index (χ2v) is 0.624. The fourth-order valence-corrected chi connectivity index (χ4v) is 0. The Morgan fingerprint density at radius 2 is 0.135 bits per heavy atom. The summed E-state index contributed by atoms with van der Waals surface area (Å²) in [5.41, 5.74) is 0. The van der Waals surface area contributed by atoms with Crippen LogP contribution in [0.1, 0.15) is 20.8 Å². The van der Waals surface area contributed by atoms with Crippen molar-refractivity contribution in [1.82, 2.24) is 0 Å². The maximum absolute atomic E-state index is 9.00. The summed E-state index contributed by atoms with van der Waals surface area (Å²) < 4.78 is 0. The van der Waals surface area contributed by atoms with Crippen molar-refractivity contribution in [1.29, 1.82) is 0 Å². The minimum Gasteiger partial charge on any atom is -0.483 e. The van der Waals surface area contributed by atoms with Crippen molar-refractivity contribution in [2.45, 2.75) is 20.8 Å². The van der Waals surface area contributed by atoms with Gasteiger partial charge in [-0.2, -0.15) is 0 Å². The van der Waals surface area contributed by atoms with Gasteiger partial charge in [0.15, 0.2) is 0 Å². The van der Waals surface area contributed by atoms with Crippen LogP contribution in [0.3, 0.4) is 0 Å². The molecule has 0 amide bonds. The summed E-state index contributed by atoms with van der Waals surface area (Å²) in [6.07, 6.45) is 0. The van der Waals surface area contributed by atoms with Gasteiger partial charge in [0.25, 0.3) is 12.4 Å². The van der Waals surface area contributed by atoms with Crippen LogP contribution in [0.5, 0.6) is 0 Å². The van der Waals surface area contributed by atoms with E-state index in [0.29, 0.717) is 0 Å². The van der Waals surface area contributed by atoms with Gasteiger partial charge < -0.3 is 10.2 Å². The molecule has 0 heterocycles. The summed E-state index contributed by atoms with van der Waals surface area (Å²) in [6.45, 7) is 4.83. The second-order valence-electron chi connectivity index (χ2n) is 0.624. The zero-order valence-electron chi connectivity index (χ0n) is 45.8. The van der Waals surface area contributed by atoms with Crippen LogP contribution >= 0.6 is 0 Å². The molecule has 0 aliphatic rings. The first-order valence-electron chi connectivity index (χ1n) is 2.42. The van der Waals surface area contributed by atoms with E-state index in [2.05, 4.69) is 0 Å². The van der Waals surface area contributed by atoms with E-state index in [1.807, 2.05) is 13.8 Å². The zero-order chi connectivity index (χ0) is 8.28. The van der Waals surface area contributed by atoms with E-state index in [9.17, 15) is 0 Å². The first-order valence-corrected chi connectivity index (χ1v) is 2.42. The van der Waals surface area contributed by atoms with Crippen molar-refractivity contribution in [3.63, 3.8) is 0 Å². The first kappa shape index (κ1) is 1080. The summed E-state index contributed by atoms with van der Waals surface area (Å²) in [7, 11) is 0. The average Bonchev–Trinajstić information content (AvgIpc) is 1.71. The molecule has 0 saturated carbocycles. The number of carboxylic acids is 1. The molecule has 0 unspecified atom stereocenters. The molecule has 0 radical (unpaired) electrons. The predicted octanol–water partition coefficient (Wildman–Crippen LogP) is 0.563. The molecule has 0 aliphatic heterocycles. The molecular weight excluding hydrogens is 8710 g/mol. The Balaban J connectivity index is -0.0000000000325. The third kappa shape index (κ3) is 1260. The SMILES string of the molecule is CC.CC(=O)O.O=CO.[Fe].[Fe].[Fe].[Fe].[Fe].[Fe].[Fe].[Fe].[Fe].[Fe].[Fe].[Fe].[Fe].[Fe].[Fe].[Fe].[Fe].[Fe].[Fe].[Fe].[Fe].[Fe].[Fe].[Fe].[Fe].[Fe].[Fe].[Fe].[Fe].[Fe].[Mo].[Mo].[Mo].[Mo].[Mo].[Mo].[Mo].[Mo].[Mo].[Mo].[Mo].[Mo].[Mo].[Mo].[Mo].[Mo].[Mo].[Mo].[Mo].[Mo].[Mo].[Mo].[Mo].[Mo].[Mo].[Mo].[Mo].[Mo].[Mo].[Mo].[Mo].[Mo].[Mo].[Mo].[Mo].[Mo].[Mo].[Mo].[Mo].[Mo].[Mo].[Mo].[Mo].[Mo].[Mo].[Mo].[Mo].[Mo].[Mo].[Mo].[Mo].[Mo].[Mo].[Mo].[Mo].[Mo].[Mo].[Mo].[Mo].[Mo].[Mo].[Mo].[Mo].[Mo].[Mo].[Mo].[Mo].[Mo].[Mo].[Mo].[Mo].[Mo]. The molecule has 0 rings (SSSR count). The number of rotatable bonds is 0. The first-order chi connectivity index (χ1) is 4.15. The van der Waals surface area contributed by atoms with E-state index in [1.54, 1.807) is 0 Å². The molecule has 0 fully saturated rings. The van der Waals surface area contributed by atoms with E-state index in [4.69, 9.17) is 19.8 Å². The van der Waals surface area contributed by atoms with Gasteiger partial charge >= 0.3 is 0 Å². The van der Waals surface area contributed by atoms with Gasteiger partial charge in [-0.3, -0.25) is 9.59 Å². The van der Waals surface area contributed by atoms with Crippen molar-refractivity contribution in [2.24, 2.45) is 0 Å². The molecule has 0 aromatic heterocycles. The molecule has 0 spiro atoms. The summed E-state index contributed by atoms with van der Waals surface area (Å²) in [5.74, 6) is -0.833. The fraction of sp³-hybridized carbons (Fsp3) is 0.600. The average molecular weight is 8720 g/mol. The van der Waals surface area contributed by atoms with Crippen LogP contribution in [0.4, 0.5) is 0 Å². The monoisotopic (exact) mass is 8860 g/mol. The van der Waals surface area contributed by atoms with Crippen LogP contribution in [0.25, 0.3) is 0 Å². The van der Waals surface area contributed by atoms with E-state index >= 15 is 0 Å². The summed E-state index contributed by atoms with van der Waals surface area (Å²) >= 11 is 0. The molecule has 0 saturated heterocycles. The molecule has 0 bridgehead atoms. The van der Waals surface area contributed by atoms with Crippen molar-refractivity contribution in [3.8, 4) is 0 Å². The van der Waals surface area contributed by atoms with E-state index in [-0.39, 0.29) is 2040 Å². The van der Waals surface area contributed by atoms with Gasteiger partial charge in [0.05, 0.1) is 0 Å². The van der Waals surface area contributed by atoms with Crippen molar-refractivity contribution >= 4 is 12.4 Å². The van der Waals surface area contributed by atoms with Crippen LogP contribution in [-0.2, 0) is 2040 Å². The summed E-state index contributed by atoms with van der Waals surface area (Å²) in [5, 5.41) is 14.3. The summed E-state index contributed by atoms with van der Waals surface area (Å²) in [6, 6.07) is 0. The molecule has 106 heteroatoms. The largest absolute Gasteiger partial charge is 0.483 e. The topological polar surface area (TPSA) is 74.6 Å². The van der Waals surface area contributed by atoms with Crippen molar-refractivity contribution in [2.75, 3.05) is 0 Å². The van der Waals surface area contributed by atoms with Crippen molar-refractivity contribution < 1.29 is 2050 Å². The van der Waals surface area contributed by atoms with Crippen LogP contribution in [0.15, 0.2) is 0 Å². The smallest absolute Gasteiger partial charge is 0.300 e. The Labute approximate surface area is 2020 Å². The van der Waals surface area contributed by atoms with Gasteiger partial charge in [-0.15, -0.1) is 0 Å². The van der Waals surface area contributed by atoms with Crippen LogP contribution in [0.2, 0.25) is 0 Å². The third-order valence-electron chi connectivity index (χ3n) is 0. The van der Waals surface area contributed by atoms with Crippen molar-refractivity contribution in [3.05, 3.63) is 0 Å². The molecule has 0 atom stereocenters. The van der Waals surface area contributed by atoms with Gasteiger partial charge in [-0.05, 0) is 0 Å². The zero-order valence-corrected chi connectivity index (χ0v) is 223. The second kappa shape index (κ2) is 1130. The minimum absolute atomic E-state index is 0. The molecule has 728 valence electrons. The van der Waals surface area contributed by atoms with Gasteiger partial charge in [0.2, 0.25) is 0 Å². The Morgan fingerprint density at radius 1 is 0.135 bits per heavy atom. The number of hydrogen-bond donors (Lipinski definition) is 2. The van der Waals surface area contributed by atoms with Crippen LogP contribution in [-0.4, -0.2) is 22.7 Å². The van der Waals surface area contributed by atoms with E-state index in [1.165, 1.54) is 0 Å². The summed E-state index contributed by atoms with van der Waals surface area (Å²) in [4.78, 5) is 17.4. The van der Waals surface area contributed by atoms with Gasteiger partial charge in [0, 0.05) is 2040 Å². The Morgan fingerprint density at radius 3 is 0.135 bits per heavy atom. The minimum atomic E-state index is -0.833. The van der Waals surface area contributed by atoms with Gasteiger partial charge in [-0.25, -0.2) is 0 Å². The Bertz CT molecular complexity index is 190. The normalized spacial score (nSPS) is 0.387.